The van der Waals surface area contributed by atoms with Crippen molar-refractivity contribution in [1.29, 1.82) is 0 Å². The minimum absolute atomic E-state index is 0.00661. The van der Waals surface area contributed by atoms with Gasteiger partial charge in [-0.25, -0.2) is 30.0 Å². The Morgan fingerprint density at radius 1 is 0.490 bits per heavy atom. The van der Waals surface area contributed by atoms with Crippen molar-refractivity contribution in [3.05, 3.63) is 84.2 Å². The largest absolute Gasteiger partial charge is 0.481 e. The lowest BCUT2D eigenvalue weighted by atomic mass is 10.0. The number of likely N-dealkylation sites (N-methyl/N-ethyl adjacent to an activating group) is 3. The molecule has 6 fully saturated rings. The van der Waals surface area contributed by atoms with E-state index in [1.54, 1.807) is 41.1 Å². The van der Waals surface area contributed by atoms with Crippen molar-refractivity contribution in [2.45, 2.75) is 171 Å². The van der Waals surface area contributed by atoms with Crippen LogP contribution in [0.3, 0.4) is 0 Å². The molecule has 0 saturated carbocycles. The third-order valence-corrected chi connectivity index (χ3v) is 20.2. The zero-order valence-electron chi connectivity index (χ0n) is 56.8. The highest BCUT2D eigenvalue weighted by molar-refractivity contribution is 6.39. The molecule has 38 heteroatoms. The first-order valence-electron chi connectivity index (χ1n) is 33.7. The predicted octanol–water partition coefficient (Wildman–Crippen LogP) is 5.90. The Hall–Kier alpha value is -8.31. The second-order valence-electron chi connectivity index (χ2n) is 25.3. The van der Waals surface area contributed by atoms with Gasteiger partial charge in [-0.05, 0) is 128 Å². The number of hydrazine groups is 3. The van der Waals surface area contributed by atoms with Crippen LogP contribution in [0, 0.1) is 0 Å². The van der Waals surface area contributed by atoms with Crippen LogP contribution in [0.4, 0.5) is 0 Å². The first-order valence-corrected chi connectivity index (χ1v) is 35.9. The van der Waals surface area contributed by atoms with E-state index in [0.717, 1.165) is 5.01 Å². The third kappa shape index (κ3) is 16.8. The molecule has 9 amide bonds. The van der Waals surface area contributed by atoms with Gasteiger partial charge in [0.25, 0.3) is 29.5 Å². The molecule has 6 aromatic rings. The molecule has 6 saturated heterocycles. The first kappa shape index (κ1) is 78.3. The number of hydrogen-bond acceptors (Lipinski definition) is 22. The van der Waals surface area contributed by atoms with Gasteiger partial charge in [-0.3, -0.25) is 72.6 Å². The number of aromatic nitrogens is 3. The van der Waals surface area contributed by atoms with Crippen LogP contribution in [-0.2, 0) is 47.9 Å². The molecule has 1 unspecified atom stereocenters. The molecule has 9 heterocycles. The lowest BCUT2D eigenvalue weighted by Gasteiger charge is -2.43. The van der Waals surface area contributed by atoms with Gasteiger partial charge in [0.15, 0.2) is 22.9 Å². The molecule has 8 N–H and O–H groups in total. The summed E-state index contributed by atoms with van der Waals surface area (Å²) in [7, 11) is 4.89. The number of carboxylic acid groups (broad SMARTS) is 1. The van der Waals surface area contributed by atoms with Crippen molar-refractivity contribution in [3.8, 4) is 0 Å². The molecule has 10 atom stereocenters. The fraction of sp³-hybridized carbons (Fsp3) is 0.500. The third-order valence-electron chi connectivity index (χ3n) is 18.7. The molecular formula is C66H75Cl6N15O17. The maximum Gasteiger partial charge on any atom is 0.305 e. The zero-order chi connectivity index (χ0) is 75.3. The van der Waals surface area contributed by atoms with Crippen molar-refractivity contribution in [2.24, 2.45) is 0 Å². The smallest absolute Gasteiger partial charge is 0.305 e. The van der Waals surface area contributed by atoms with E-state index in [2.05, 4.69) is 46.9 Å². The normalized spacial score (nSPS) is 22.0. The van der Waals surface area contributed by atoms with E-state index in [1.165, 1.54) is 55.4 Å². The molecule has 0 radical (unpaired) electrons. The Bertz CT molecular complexity index is 4370. The summed E-state index contributed by atoms with van der Waals surface area (Å²) in [4.78, 5) is 167. The van der Waals surface area contributed by atoms with Gasteiger partial charge in [-0.1, -0.05) is 83.5 Å². The molecule has 558 valence electrons. The number of aliphatic hydroxyl groups excluding tert-OH is 1. The number of aliphatic carboxylic acids is 1. The Morgan fingerprint density at radius 2 is 0.837 bits per heavy atom. The van der Waals surface area contributed by atoms with Gasteiger partial charge in [-0.15, -0.1) is 0 Å². The average Bonchev–Trinajstić information content (AvgIpc) is 1.58. The van der Waals surface area contributed by atoms with Gasteiger partial charge in [0, 0.05) is 54.0 Å². The number of rotatable bonds is 19. The van der Waals surface area contributed by atoms with Crippen LogP contribution in [0.15, 0.2) is 49.6 Å². The number of halogens is 6. The van der Waals surface area contributed by atoms with E-state index >= 15 is 0 Å². The number of hydrogen-bond donors (Lipinski definition) is 8. The van der Waals surface area contributed by atoms with Crippen LogP contribution in [0.1, 0.15) is 144 Å². The van der Waals surface area contributed by atoms with Crippen LogP contribution in [0.5, 0.6) is 0 Å². The number of nitrogens with zero attached hydrogens (tertiary/aromatic N) is 9. The molecule has 0 bridgehead atoms. The SMILES string of the molecule is CC[C@H](NC(=O)[C@@H]1CCCN2C(=O)CC[C@H](NC)C(=O)N12)C(=O)c1nc2cc(Cl)cc(Cl)c2o1.CC[C@H](NC(=O)[C@@H]1CCCN2C(=O)CC[C@H](NC)C(=O)N12)C(O)c1nc2cc(Cl)cc(Cl)c2o1.CN[C@H]1CCC(=O)N2CCC[C@@H](C(=O)N[C@@H](CC(=O)O)C(=O)c3nc4cc(Cl)cc(Cl)c4o3)N2C1=O. The topological polar surface area (TPSA) is 415 Å². The summed E-state index contributed by atoms with van der Waals surface area (Å²) in [5, 5.41) is 46.3. The van der Waals surface area contributed by atoms with Crippen LogP contribution >= 0.6 is 69.6 Å². The van der Waals surface area contributed by atoms with E-state index in [9.17, 15) is 67.7 Å². The predicted molar refractivity (Wildman–Crippen MR) is 375 cm³/mol. The minimum atomic E-state index is -1.55. The van der Waals surface area contributed by atoms with Gasteiger partial charge in [0.1, 0.15) is 40.7 Å². The van der Waals surface area contributed by atoms with Gasteiger partial charge in [-0.2, -0.15) is 0 Å². The number of carboxylic acids is 1. The molecule has 12 rings (SSSR count). The lowest BCUT2D eigenvalue weighted by molar-refractivity contribution is -0.176. The monoisotopic (exact) mass is 1560 g/mol. The van der Waals surface area contributed by atoms with Crippen molar-refractivity contribution in [2.75, 3.05) is 40.8 Å². The first-order chi connectivity index (χ1) is 49.6. The van der Waals surface area contributed by atoms with E-state index in [-0.39, 0.29) is 129 Å². The summed E-state index contributed by atoms with van der Waals surface area (Å²) in [5.74, 6) is -6.95. The molecule has 3 aromatic carbocycles. The Balaban J connectivity index is 0.000000168. The minimum Gasteiger partial charge on any atom is -0.481 e. The summed E-state index contributed by atoms with van der Waals surface area (Å²) in [6.45, 7) is 4.56. The van der Waals surface area contributed by atoms with Crippen LogP contribution < -0.4 is 31.9 Å². The van der Waals surface area contributed by atoms with Gasteiger partial charge in [0.2, 0.25) is 52.9 Å². The number of ketones is 2. The number of amides is 9. The summed E-state index contributed by atoms with van der Waals surface area (Å²) < 4.78 is 16.7. The fourth-order valence-corrected chi connectivity index (χ4v) is 14.8. The summed E-state index contributed by atoms with van der Waals surface area (Å²) in [6, 6.07) is 1.01. The number of carbonyl (C=O) groups is 12. The number of aliphatic hydroxyl groups is 1. The maximum atomic E-state index is 13.3. The number of Topliss-reactive ketones (excluding diaryl/α,β-unsaturated/α-hetero) is 2. The molecule has 0 spiro atoms. The molecule has 3 aromatic heterocycles. The number of oxazole rings is 3. The van der Waals surface area contributed by atoms with Crippen molar-refractivity contribution >= 4 is 174 Å². The molecule has 104 heavy (non-hydrogen) atoms. The van der Waals surface area contributed by atoms with Crippen LogP contribution in [0.25, 0.3) is 33.3 Å². The molecule has 6 aliphatic rings. The standard InChI is InChI=1S/C22H23Cl2N5O7.C22H27Cl2N5O5.C22H25Cl2N5O5/c1-25-12-4-5-16(30)28-6-2-3-15(29(28)22(12)35)20(34)26-13(9-17(31)32)18(33)21-27-14-8-10(23)7-11(24)19(14)36-21;2*1-3-13(18(31)21-27-15-10-11(23)9-12(24)19(15)34-21)26-20(32)16-5-4-8-28-17(30)7-6-14(25-2)22(33)29(16)28/h7-8,12-13,15,25H,2-6,9H2,1H3,(H,26,34)(H,31,32);9-10,13-14,16,18,25,31H,3-8H2,1-2H3,(H,26,32);9-10,13-14,16,25H,3-8H2,1-2H3,(H,26,32)/t12-,13-,15-;13-,14-,16-,18?;13-,14-,16-/m000/s1. The summed E-state index contributed by atoms with van der Waals surface area (Å²) in [6.07, 6.45) is 2.77. The van der Waals surface area contributed by atoms with Crippen molar-refractivity contribution in [1.82, 2.24) is 76.9 Å². The quantitative estimate of drug-likeness (QED) is 0.0437. The summed E-state index contributed by atoms with van der Waals surface area (Å²) in [5.41, 5.74) is 1.51. The average molecular weight is 1560 g/mol. The highest BCUT2D eigenvalue weighted by atomic mass is 35.5. The van der Waals surface area contributed by atoms with E-state index in [0.29, 0.717) is 85.5 Å². The second kappa shape index (κ2) is 33.9. The van der Waals surface area contributed by atoms with Gasteiger partial charge in [0.05, 0.1) is 51.7 Å². The Labute approximate surface area is 623 Å². The van der Waals surface area contributed by atoms with Crippen molar-refractivity contribution < 1.29 is 81.0 Å². The van der Waals surface area contributed by atoms with Crippen LogP contribution in [0.2, 0.25) is 30.1 Å². The number of carbonyl (C=O) groups excluding carboxylic acids is 11. The van der Waals surface area contributed by atoms with E-state index in [4.69, 9.17) is 82.9 Å². The van der Waals surface area contributed by atoms with Gasteiger partial charge < -0.3 is 55.4 Å². The lowest BCUT2D eigenvalue weighted by Crippen LogP contribution is -2.64. The Kier molecular flexibility index (Phi) is 25.5. The highest BCUT2D eigenvalue weighted by Gasteiger charge is 2.48. The Morgan fingerprint density at radius 3 is 1.19 bits per heavy atom. The molecular weight excluding hydrogens is 1490 g/mol. The summed E-state index contributed by atoms with van der Waals surface area (Å²) >= 11 is 36.4. The van der Waals surface area contributed by atoms with Crippen molar-refractivity contribution in [3.63, 3.8) is 0 Å². The molecule has 32 nitrogen and oxygen atoms in total. The molecule has 6 aliphatic heterocycles. The fourth-order valence-electron chi connectivity index (χ4n) is 13.3. The van der Waals surface area contributed by atoms with E-state index in [1.807, 2.05) is 0 Å². The second-order valence-corrected chi connectivity index (χ2v) is 27.9. The maximum absolute atomic E-state index is 13.3. The van der Waals surface area contributed by atoms with Crippen LogP contribution in [-0.4, -0.2) is 221 Å². The van der Waals surface area contributed by atoms with E-state index < -0.39 is 114 Å². The molecule has 0 aliphatic carbocycles. The highest BCUT2D eigenvalue weighted by Crippen LogP contribution is 2.35. The number of nitrogens with one attached hydrogen (secondary N) is 6. The number of fused-ring (bicyclic) bond motifs is 6. The van der Waals surface area contributed by atoms with Gasteiger partial charge >= 0.3 is 5.97 Å². The number of benzene rings is 3. The zero-order valence-corrected chi connectivity index (χ0v) is 61.3.